The molecule has 9 N–H and O–H groups in total. The molecule has 0 aromatic carbocycles. The van der Waals surface area contributed by atoms with Crippen LogP contribution in [-0.4, -0.2) is 75.2 Å². The highest BCUT2D eigenvalue weighted by Gasteiger charge is 2.31. The Morgan fingerprint density at radius 3 is 2.27 bits per heavy atom. The van der Waals surface area contributed by atoms with Gasteiger partial charge in [0.1, 0.15) is 18.1 Å². The summed E-state index contributed by atoms with van der Waals surface area (Å²) in [6, 6.07) is -4.08. The minimum atomic E-state index is -1.24. The zero-order valence-corrected chi connectivity index (χ0v) is 19.8. The van der Waals surface area contributed by atoms with Crippen molar-refractivity contribution in [1.29, 1.82) is 0 Å². The zero-order valence-electron chi connectivity index (χ0n) is 18.9. The molecule has 0 saturated heterocycles. The minimum Gasteiger partial charge on any atom is -0.480 e. The van der Waals surface area contributed by atoms with Crippen molar-refractivity contribution < 1.29 is 24.3 Å². The lowest BCUT2D eigenvalue weighted by atomic mass is 10.0. The first-order valence-corrected chi connectivity index (χ1v) is 11.4. The summed E-state index contributed by atoms with van der Waals surface area (Å²) in [5.74, 6) is -3.48. The van der Waals surface area contributed by atoms with Gasteiger partial charge in [0, 0.05) is 24.1 Å². The molecule has 0 aliphatic rings. The number of hydrogen-bond acceptors (Lipinski definition) is 8. The van der Waals surface area contributed by atoms with E-state index in [0.29, 0.717) is 25.1 Å². The lowest BCUT2D eigenvalue weighted by Gasteiger charge is -2.26. The number of carboxylic acids is 1. The number of amides is 3. The predicted molar refractivity (Wildman–Crippen MR) is 125 cm³/mol. The molecule has 0 saturated carbocycles. The molecule has 0 aliphatic heterocycles. The second-order valence-corrected chi connectivity index (χ2v) is 8.41. The standard InChI is InChI=1S/C20H35N7O5S/c1-11(2)16(19(30)26-15(9-33)20(31)32)27-18(29)14(7-12-8-23-10-24-12)25-17(28)13(22)5-3-4-6-21/h8,10-11,13-16,33H,3-7,9,21-22H2,1-2H3,(H,23,24)(H,25,28)(H,26,30)(H,27,29)(H,31,32). The summed E-state index contributed by atoms with van der Waals surface area (Å²) in [6.07, 6.45) is 4.87. The van der Waals surface area contributed by atoms with Crippen molar-refractivity contribution in [1.82, 2.24) is 25.9 Å². The number of carbonyl (C=O) groups is 4. The van der Waals surface area contributed by atoms with Gasteiger partial charge in [-0.25, -0.2) is 9.78 Å². The van der Waals surface area contributed by atoms with Crippen molar-refractivity contribution in [2.45, 2.75) is 63.7 Å². The molecule has 0 bridgehead atoms. The average molecular weight is 486 g/mol. The van der Waals surface area contributed by atoms with Crippen LogP contribution >= 0.6 is 12.6 Å². The Kier molecular flexibility index (Phi) is 12.5. The molecule has 186 valence electrons. The molecule has 33 heavy (non-hydrogen) atoms. The maximum Gasteiger partial charge on any atom is 0.327 e. The molecule has 3 amide bonds. The third-order valence-corrected chi connectivity index (χ3v) is 5.33. The van der Waals surface area contributed by atoms with E-state index < -0.39 is 47.9 Å². The van der Waals surface area contributed by atoms with Crippen LogP contribution in [0.5, 0.6) is 0 Å². The van der Waals surface area contributed by atoms with E-state index in [-0.39, 0.29) is 18.1 Å². The fourth-order valence-electron chi connectivity index (χ4n) is 2.98. The summed E-state index contributed by atoms with van der Waals surface area (Å²) in [5, 5.41) is 16.8. The summed E-state index contributed by atoms with van der Waals surface area (Å²) in [7, 11) is 0. The number of H-pyrrole nitrogens is 1. The molecule has 13 heteroatoms. The van der Waals surface area contributed by atoms with Gasteiger partial charge in [-0.3, -0.25) is 14.4 Å². The molecule has 12 nitrogen and oxygen atoms in total. The van der Waals surface area contributed by atoms with Crippen molar-refractivity contribution in [2.24, 2.45) is 17.4 Å². The quantitative estimate of drug-likeness (QED) is 0.108. The number of aromatic nitrogens is 2. The summed E-state index contributed by atoms with van der Waals surface area (Å²) in [4.78, 5) is 56.3. The van der Waals surface area contributed by atoms with E-state index in [4.69, 9.17) is 16.6 Å². The van der Waals surface area contributed by atoms with E-state index in [2.05, 4.69) is 38.5 Å². The number of nitrogens with two attached hydrogens (primary N) is 2. The van der Waals surface area contributed by atoms with Crippen LogP contribution in [0, 0.1) is 5.92 Å². The topological polar surface area (TPSA) is 205 Å². The number of thiol groups is 1. The van der Waals surface area contributed by atoms with Gasteiger partial charge in [-0.1, -0.05) is 20.3 Å². The molecule has 1 aromatic heterocycles. The van der Waals surface area contributed by atoms with Gasteiger partial charge >= 0.3 is 5.97 Å². The second-order valence-electron chi connectivity index (χ2n) is 8.05. The first-order valence-electron chi connectivity index (χ1n) is 10.8. The van der Waals surface area contributed by atoms with Crippen LogP contribution in [0.1, 0.15) is 38.8 Å². The Balaban J connectivity index is 2.94. The van der Waals surface area contributed by atoms with Crippen molar-refractivity contribution >= 4 is 36.3 Å². The maximum absolute atomic E-state index is 13.1. The van der Waals surface area contributed by atoms with Crippen molar-refractivity contribution in [3.63, 3.8) is 0 Å². The largest absolute Gasteiger partial charge is 0.480 e. The smallest absolute Gasteiger partial charge is 0.327 e. The normalized spacial score (nSPS) is 14.7. The first kappa shape index (κ1) is 28.4. The monoisotopic (exact) mass is 485 g/mol. The van der Waals surface area contributed by atoms with E-state index in [1.165, 1.54) is 12.5 Å². The molecular weight excluding hydrogens is 450 g/mol. The number of aromatic amines is 1. The van der Waals surface area contributed by atoms with E-state index in [0.717, 1.165) is 6.42 Å². The van der Waals surface area contributed by atoms with Crippen LogP contribution in [0.25, 0.3) is 0 Å². The van der Waals surface area contributed by atoms with Crippen LogP contribution < -0.4 is 27.4 Å². The molecular formula is C20H35N7O5S. The molecule has 1 aromatic rings. The lowest BCUT2D eigenvalue weighted by Crippen LogP contribution is -2.59. The number of carbonyl (C=O) groups excluding carboxylic acids is 3. The highest BCUT2D eigenvalue weighted by atomic mass is 32.1. The van der Waals surface area contributed by atoms with Gasteiger partial charge in [0.15, 0.2) is 0 Å². The Labute approximate surface area is 198 Å². The van der Waals surface area contributed by atoms with Crippen molar-refractivity contribution in [3.8, 4) is 0 Å². The minimum absolute atomic E-state index is 0.0912. The Morgan fingerprint density at radius 1 is 1.09 bits per heavy atom. The van der Waals surface area contributed by atoms with Gasteiger partial charge in [-0.05, 0) is 25.3 Å². The highest BCUT2D eigenvalue weighted by Crippen LogP contribution is 2.07. The number of aliphatic carboxylic acids is 1. The molecule has 0 radical (unpaired) electrons. The maximum atomic E-state index is 13.1. The Bertz CT molecular complexity index is 775. The molecule has 0 aliphatic carbocycles. The molecule has 4 atom stereocenters. The van der Waals surface area contributed by atoms with Crippen molar-refractivity contribution in [2.75, 3.05) is 12.3 Å². The van der Waals surface area contributed by atoms with Crippen LogP contribution in [0.15, 0.2) is 12.5 Å². The number of nitrogens with one attached hydrogen (secondary N) is 4. The summed E-state index contributed by atoms with van der Waals surface area (Å²) >= 11 is 3.93. The van der Waals surface area contributed by atoms with Gasteiger partial charge in [0.2, 0.25) is 17.7 Å². The third kappa shape index (κ3) is 9.80. The zero-order chi connectivity index (χ0) is 25.0. The SMILES string of the molecule is CC(C)C(NC(=O)C(Cc1cnc[nH]1)NC(=O)C(N)CCCCN)C(=O)NC(CS)C(=O)O. The summed E-state index contributed by atoms with van der Waals surface area (Å²) < 4.78 is 0. The van der Waals surface area contributed by atoms with Gasteiger partial charge < -0.3 is 37.5 Å². The van der Waals surface area contributed by atoms with Crippen LogP contribution in [-0.2, 0) is 25.6 Å². The number of unbranched alkanes of at least 4 members (excludes halogenated alkanes) is 1. The average Bonchev–Trinajstić information content (AvgIpc) is 3.27. The highest BCUT2D eigenvalue weighted by molar-refractivity contribution is 7.80. The third-order valence-electron chi connectivity index (χ3n) is 4.96. The molecule has 1 rings (SSSR count). The Morgan fingerprint density at radius 2 is 1.76 bits per heavy atom. The molecule has 4 unspecified atom stereocenters. The molecule has 1 heterocycles. The predicted octanol–water partition coefficient (Wildman–Crippen LogP) is -1.47. The lowest BCUT2D eigenvalue weighted by molar-refractivity contribution is -0.142. The first-order chi connectivity index (χ1) is 15.6. The number of imidazole rings is 1. The second kappa shape index (κ2) is 14.5. The number of hydrogen-bond donors (Lipinski definition) is 8. The van der Waals surface area contributed by atoms with E-state index >= 15 is 0 Å². The summed E-state index contributed by atoms with van der Waals surface area (Å²) in [6.45, 7) is 3.90. The number of rotatable bonds is 15. The van der Waals surface area contributed by atoms with Crippen LogP contribution in [0.2, 0.25) is 0 Å². The fraction of sp³-hybridized carbons (Fsp3) is 0.650. The van der Waals surface area contributed by atoms with E-state index in [1.54, 1.807) is 13.8 Å². The van der Waals surface area contributed by atoms with E-state index in [1.807, 2.05) is 0 Å². The fourth-order valence-corrected chi connectivity index (χ4v) is 3.23. The van der Waals surface area contributed by atoms with Gasteiger partial charge in [-0.2, -0.15) is 12.6 Å². The van der Waals surface area contributed by atoms with E-state index in [9.17, 15) is 19.2 Å². The summed E-state index contributed by atoms with van der Waals surface area (Å²) in [5.41, 5.74) is 12.0. The van der Waals surface area contributed by atoms with Crippen LogP contribution in [0.4, 0.5) is 0 Å². The number of carboxylic acid groups (broad SMARTS) is 1. The van der Waals surface area contributed by atoms with Gasteiger partial charge in [-0.15, -0.1) is 0 Å². The van der Waals surface area contributed by atoms with Crippen LogP contribution in [0.3, 0.4) is 0 Å². The van der Waals surface area contributed by atoms with Crippen molar-refractivity contribution in [3.05, 3.63) is 18.2 Å². The molecule has 0 spiro atoms. The number of nitrogens with zero attached hydrogens (tertiary/aromatic N) is 1. The molecule has 0 fully saturated rings. The van der Waals surface area contributed by atoms with Gasteiger partial charge in [0.05, 0.1) is 12.4 Å². The Hall–Kier alpha value is -2.64. The van der Waals surface area contributed by atoms with Gasteiger partial charge in [0.25, 0.3) is 0 Å².